The first-order valence-electron chi connectivity index (χ1n) is 9.83. The molecule has 0 fully saturated rings. The Morgan fingerprint density at radius 2 is 1.85 bits per heavy atom. The molecule has 2 aromatic heterocycles. The molecule has 4 aromatic rings. The number of halogens is 2. The zero-order valence-electron chi connectivity index (χ0n) is 17.3. The largest absolute Gasteiger partial charge is 0.455 e. The predicted molar refractivity (Wildman–Crippen MR) is 119 cm³/mol. The molecule has 9 nitrogen and oxygen atoms in total. The van der Waals surface area contributed by atoms with E-state index in [-0.39, 0.29) is 11.4 Å². The fourth-order valence-electron chi connectivity index (χ4n) is 2.93. The summed E-state index contributed by atoms with van der Waals surface area (Å²) < 4.78 is 36.8. The van der Waals surface area contributed by atoms with Gasteiger partial charge in [-0.15, -0.1) is 0 Å². The number of nitrogens with one attached hydrogen (secondary N) is 2. The van der Waals surface area contributed by atoms with Crippen LogP contribution in [0.2, 0.25) is 0 Å². The maximum absolute atomic E-state index is 13.2. The van der Waals surface area contributed by atoms with Crippen LogP contribution in [0.25, 0.3) is 22.1 Å². The van der Waals surface area contributed by atoms with Gasteiger partial charge >= 0.3 is 5.97 Å². The van der Waals surface area contributed by atoms with E-state index in [1.54, 1.807) is 6.07 Å². The van der Waals surface area contributed by atoms with Crippen LogP contribution in [0.4, 0.5) is 14.5 Å². The summed E-state index contributed by atoms with van der Waals surface area (Å²) in [6.07, 6.45) is 1.37. The summed E-state index contributed by atoms with van der Waals surface area (Å²) in [5, 5.41) is 5.84. The van der Waals surface area contributed by atoms with Gasteiger partial charge in [-0.2, -0.15) is 0 Å². The Bertz CT molecular complexity index is 1390. The van der Waals surface area contributed by atoms with Gasteiger partial charge in [0, 0.05) is 17.1 Å². The summed E-state index contributed by atoms with van der Waals surface area (Å²) in [7, 11) is 0. The van der Waals surface area contributed by atoms with E-state index in [9.17, 15) is 23.2 Å². The van der Waals surface area contributed by atoms with E-state index >= 15 is 0 Å². The first kappa shape index (κ1) is 23.1. The second-order valence-corrected chi connectivity index (χ2v) is 7.82. The van der Waals surface area contributed by atoms with E-state index in [0.29, 0.717) is 21.7 Å². The van der Waals surface area contributed by atoms with E-state index in [2.05, 4.69) is 20.6 Å². The number of esters is 1. The Balaban J connectivity index is 1.22. The number of rotatable bonds is 8. The molecule has 0 aliphatic carbocycles. The SMILES string of the molecule is O=C(COC(=O)CSc1ncnc2c1oc1ccccc12)NCC(=O)Nc1ccc(F)c(F)c1. The molecule has 0 atom stereocenters. The molecule has 0 aliphatic rings. The molecule has 2 aromatic carbocycles. The van der Waals surface area contributed by atoms with Gasteiger partial charge in [-0.25, -0.2) is 18.7 Å². The molecule has 0 aliphatic heterocycles. The highest BCUT2D eigenvalue weighted by Crippen LogP contribution is 2.32. The summed E-state index contributed by atoms with van der Waals surface area (Å²) in [4.78, 5) is 44.0. The van der Waals surface area contributed by atoms with Crippen LogP contribution in [-0.2, 0) is 19.1 Å². The normalized spacial score (nSPS) is 10.9. The van der Waals surface area contributed by atoms with Crippen molar-refractivity contribution in [3.05, 3.63) is 60.4 Å². The smallest absolute Gasteiger partial charge is 0.316 e. The van der Waals surface area contributed by atoms with Crippen molar-refractivity contribution in [2.45, 2.75) is 5.03 Å². The van der Waals surface area contributed by atoms with Gasteiger partial charge in [0.15, 0.2) is 23.8 Å². The quantitative estimate of drug-likeness (QED) is 0.221. The highest BCUT2D eigenvalue weighted by molar-refractivity contribution is 8.00. The molecule has 0 saturated carbocycles. The monoisotopic (exact) mass is 486 g/mol. The van der Waals surface area contributed by atoms with Crippen LogP contribution in [0.15, 0.2) is 58.2 Å². The molecule has 0 bridgehead atoms. The lowest BCUT2D eigenvalue weighted by atomic mass is 10.2. The van der Waals surface area contributed by atoms with Crippen molar-refractivity contribution in [1.29, 1.82) is 0 Å². The molecule has 0 spiro atoms. The number of fused-ring (bicyclic) bond motifs is 3. The van der Waals surface area contributed by atoms with Gasteiger partial charge < -0.3 is 19.8 Å². The Labute approximate surface area is 194 Å². The fourth-order valence-corrected chi connectivity index (χ4v) is 3.66. The van der Waals surface area contributed by atoms with E-state index in [0.717, 1.165) is 29.3 Å². The van der Waals surface area contributed by atoms with Gasteiger partial charge in [-0.3, -0.25) is 14.4 Å². The number of para-hydroxylation sites is 1. The third-order valence-electron chi connectivity index (χ3n) is 4.47. The lowest BCUT2D eigenvalue weighted by Gasteiger charge is -2.08. The minimum Gasteiger partial charge on any atom is -0.455 e. The molecular formula is C22H16F2N4O5S. The van der Waals surface area contributed by atoms with E-state index in [1.807, 2.05) is 18.2 Å². The van der Waals surface area contributed by atoms with Crippen LogP contribution in [-0.4, -0.2) is 46.7 Å². The third kappa shape index (κ3) is 5.46. The molecule has 34 heavy (non-hydrogen) atoms. The second kappa shape index (κ2) is 10.3. The average Bonchev–Trinajstić information content (AvgIpc) is 3.22. The number of hydrogen-bond donors (Lipinski definition) is 2. The number of amides is 2. The number of benzene rings is 2. The Hall–Kier alpha value is -4.06. The fraction of sp³-hybridized carbons (Fsp3) is 0.136. The number of anilines is 1. The summed E-state index contributed by atoms with van der Waals surface area (Å²) in [5.74, 6) is -4.34. The second-order valence-electron chi connectivity index (χ2n) is 6.86. The summed E-state index contributed by atoms with van der Waals surface area (Å²) in [6, 6.07) is 10.2. The zero-order chi connectivity index (χ0) is 24.1. The summed E-state index contributed by atoms with van der Waals surface area (Å²) >= 11 is 1.07. The predicted octanol–water partition coefficient (Wildman–Crippen LogP) is 3.04. The van der Waals surface area contributed by atoms with Gasteiger partial charge in [0.25, 0.3) is 5.91 Å². The standard InChI is InChI=1S/C22H16F2N4O5S/c23-14-6-5-12(7-15(14)24)28-17(29)8-25-18(30)9-32-19(31)10-34-22-21-20(26-11-27-22)13-3-1-2-4-16(13)33-21/h1-7,11H,8-10H2,(H,25,30)(H,28,29). The molecule has 174 valence electrons. The lowest BCUT2D eigenvalue weighted by molar-refractivity contribution is -0.146. The zero-order valence-corrected chi connectivity index (χ0v) is 18.2. The van der Waals surface area contributed by atoms with Crippen molar-refractivity contribution >= 4 is 57.3 Å². The minimum absolute atomic E-state index is 0.0323. The van der Waals surface area contributed by atoms with Crippen molar-refractivity contribution in [2.75, 3.05) is 24.2 Å². The molecule has 0 radical (unpaired) electrons. The first-order chi connectivity index (χ1) is 16.4. The van der Waals surface area contributed by atoms with Gasteiger partial charge in [-0.1, -0.05) is 23.9 Å². The third-order valence-corrected chi connectivity index (χ3v) is 5.41. The van der Waals surface area contributed by atoms with Crippen LogP contribution in [0, 0.1) is 11.6 Å². The average molecular weight is 486 g/mol. The number of furan rings is 1. The van der Waals surface area contributed by atoms with E-state index in [1.165, 1.54) is 12.4 Å². The number of hydrogen-bond acceptors (Lipinski definition) is 8. The molecule has 12 heteroatoms. The molecule has 2 amide bonds. The van der Waals surface area contributed by atoms with Crippen LogP contribution in [0.3, 0.4) is 0 Å². The molecule has 0 unspecified atom stereocenters. The number of aromatic nitrogens is 2. The van der Waals surface area contributed by atoms with Gasteiger partial charge in [-0.05, 0) is 24.3 Å². The van der Waals surface area contributed by atoms with Crippen LogP contribution < -0.4 is 10.6 Å². The van der Waals surface area contributed by atoms with E-state index in [4.69, 9.17) is 9.15 Å². The topological polar surface area (TPSA) is 123 Å². The lowest BCUT2D eigenvalue weighted by Crippen LogP contribution is -2.35. The Kier molecular flexibility index (Phi) is 6.97. The minimum atomic E-state index is -1.12. The highest BCUT2D eigenvalue weighted by atomic mass is 32.2. The summed E-state index contributed by atoms with van der Waals surface area (Å²) in [6.45, 7) is -1.04. The molecule has 0 saturated heterocycles. The molecule has 2 N–H and O–H groups in total. The molecule has 4 rings (SSSR count). The Morgan fingerprint density at radius 3 is 2.68 bits per heavy atom. The maximum Gasteiger partial charge on any atom is 0.316 e. The maximum atomic E-state index is 13.2. The van der Waals surface area contributed by atoms with Crippen molar-refractivity contribution in [3.8, 4) is 0 Å². The van der Waals surface area contributed by atoms with Gasteiger partial charge in [0.2, 0.25) is 5.91 Å². The highest BCUT2D eigenvalue weighted by Gasteiger charge is 2.16. The van der Waals surface area contributed by atoms with Crippen molar-refractivity contribution in [2.24, 2.45) is 0 Å². The van der Waals surface area contributed by atoms with Crippen LogP contribution in [0.1, 0.15) is 0 Å². The van der Waals surface area contributed by atoms with Crippen molar-refractivity contribution in [1.82, 2.24) is 15.3 Å². The van der Waals surface area contributed by atoms with Gasteiger partial charge in [0.1, 0.15) is 22.5 Å². The van der Waals surface area contributed by atoms with Crippen molar-refractivity contribution in [3.63, 3.8) is 0 Å². The number of ether oxygens (including phenoxy) is 1. The van der Waals surface area contributed by atoms with Gasteiger partial charge in [0.05, 0.1) is 12.3 Å². The van der Waals surface area contributed by atoms with Crippen LogP contribution >= 0.6 is 11.8 Å². The number of nitrogens with zero attached hydrogens (tertiary/aromatic N) is 2. The summed E-state index contributed by atoms with van der Waals surface area (Å²) in [5.41, 5.74) is 1.76. The Morgan fingerprint density at radius 1 is 1.03 bits per heavy atom. The molecule has 2 heterocycles. The number of thioether (sulfide) groups is 1. The number of carbonyl (C=O) groups is 3. The van der Waals surface area contributed by atoms with E-state index < -0.39 is 42.6 Å². The van der Waals surface area contributed by atoms with Crippen LogP contribution in [0.5, 0.6) is 0 Å². The molecular weight excluding hydrogens is 470 g/mol. The number of carbonyl (C=O) groups excluding carboxylic acids is 3. The van der Waals surface area contributed by atoms with Crippen molar-refractivity contribution < 1.29 is 32.3 Å². The first-order valence-corrected chi connectivity index (χ1v) is 10.8.